The topological polar surface area (TPSA) is 72.6 Å². The molecule has 0 saturated heterocycles. The van der Waals surface area contributed by atoms with Crippen molar-refractivity contribution in [1.82, 2.24) is 0 Å². The van der Waals surface area contributed by atoms with Crippen LogP contribution < -0.4 is 10.5 Å². The van der Waals surface area contributed by atoms with E-state index in [4.69, 9.17) is 10.5 Å². The van der Waals surface area contributed by atoms with E-state index >= 15 is 0 Å². The minimum atomic E-state index is -0.655. The van der Waals surface area contributed by atoms with Gasteiger partial charge in [0.1, 0.15) is 11.5 Å². The number of phenols is 1. The Morgan fingerprint density at radius 2 is 1.89 bits per heavy atom. The molecule has 4 heteroatoms. The lowest BCUT2D eigenvalue weighted by molar-refractivity contribution is 0.0998. The minimum absolute atomic E-state index is 0.107. The molecule has 0 aromatic heterocycles. The van der Waals surface area contributed by atoms with E-state index in [1.807, 2.05) is 24.3 Å². The lowest BCUT2D eigenvalue weighted by atomic mass is 10.0. The van der Waals surface area contributed by atoms with E-state index < -0.39 is 5.91 Å². The molecule has 0 radical (unpaired) electrons. The van der Waals surface area contributed by atoms with Gasteiger partial charge in [-0.2, -0.15) is 0 Å². The molecule has 0 heterocycles. The van der Waals surface area contributed by atoms with Crippen LogP contribution in [-0.2, 0) is 0 Å². The van der Waals surface area contributed by atoms with Gasteiger partial charge < -0.3 is 15.6 Å². The summed E-state index contributed by atoms with van der Waals surface area (Å²) in [4.78, 5) is 11.2. The molecular weight excluding hydrogens is 230 g/mol. The Labute approximate surface area is 105 Å². The molecule has 0 spiro atoms. The Kier molecular flexibility index (Phi) is 3.19. The number of nitrogens with two attached hydrogens (primary N) is 1. The second-order valence-corrected chi connectivity index (χ2v) is 3.83. The fraction of sp³-hybridized carbons (Fsp3) is 0.0714. The molecule has 0 unspecified atom stereocenters. The molecule has 4 nitrogen and oxygen atoms in total. The van der Waals surface area contributed by atoms with Crippen LogP contribution in [0.3, 0.4) is 0 Å². The highest BCUT2D eigenvalue weighted by molar-refractivity contribution is 5.96. The lowest BCUT2D eigenvalue weighted by Gasteiger charge is -2.07. The van der Waals surface area contributed by atoms with E-state index in [2.05, 4.69) is 0 Å². The lowest BCUT2D eigenvalue weighted by Crippen LogP contribution is -2.11. The predicted octanol–water partition coefficient (Wildman–Crippen LogP) is 2.17. The molecule has 2 rings (SSSR count). The van der Waals surface area contributed by atoms with Crippen LogP contribution in [-0.4, -0.2) is 18.1 Å². The second-order valence-electron chi connectivity index (χ2n) is 3.83. The maximum absolute atomic E-state index is 11.2. The molecule has 0 saturated carbocycles. The standard InChI is InChI=1S/C14H13NO3/c1-18-11-4-2-3-9(7-11)10-5-6-13(16)12(8-10)14(15)17/h2-8,16H,1H3,(H2,15,17). The van der Waals surface area contributed by atoms with Crippen molar-refractivity contribution in [3.05, 3.63) is 48.0 Å². The number of aromatic hydroxyl groups is 1. The number of hydrogen-bond donors (Lipinski definition) is 2. The van der Waals surface area contributed by atoms with Crippen molar-refractivity contribution in [2.45, 2.75) is 0 Å². The summed E-state index contributed by atoms with van der Waals surface area (Å²) >= 11 is 0. The van der Waals surface area contributed by atoms with Crippen molar-refractivity contribution in [2.75, 3.05) is 7.11 Å². The molecule has 18 heavy (non-hydrogen) atoms. The Balaban J connectivity index is 2.50. The van der Waals surface area contributed by atoms with Gasteiger partial charge in [-0.25, -0.2) is 0 Å². The Morgan fingerprint density at radius 3 is 2.56 bits per heavy atom. The number of ether oxygens (including phenoxy) is 1. The molecule has 0 atom stereocenters. The van der Waals surface area contributed by atoms with Crippen molar-refractivity contribution < 1.29 is 14.6 Å². The zero-order valence-electron chi connectivity index (χ0n) is 9.88. The molecule has 0 aliphatic carbocycles. The average molecular weight is 243 g/mol. The van der Waals surface area contributed by atoms with Gasteiger partial charge in [-0.15, -0.1) is 0 Å². The highest BCUT2D eigenvalue weighted by Crippen LogP contribution is 2.27. The van der Waals surface area contributed by atoms with E-state index in [0.29, 0.717) is 0 Å². The highest BCUT2D eigenvalue weighted by Gasteiger charge is 2.09. The number of benzene rings is 2. The van der Waals surface area contributed by atoms with Gasteiger partial charge in [-0.05, 0) is 35.4 Å². The van der Waals surface area contributed by atoms with Crippen molar-refractivity contribution >= 4 is 5.91 Å². The third-order valence-electron chi connectivity index (χ3n) is 2.67. The van der Waals surface area contributed by atoms with Crippen LogP contribution >= 0.6 is 0 Å². The Bertz CT molecular complexity index is 593. The number of carbonyl (C=O) groups excluding carboxylic acids is 1. The van der Waals surface area contributed by atoms with Crippen molar-refractivity contribution in [1.29, 1.82) is 0 Å². The fourth-order valence-corrected chi connectivity index (χ4v) is 1.72. The number of carbonyl (C=O) groups is 1. The van der Waals surface area contributed by atoms with Gasteiger partial charge in [0.15, 0.2) is 0 Å². The third-order valence-corrected chi connectivity index (χ3v) is 2.67. The number of primary amides is 1. The predicted molar refractivity (Wildman–Crippen MR) is 68.6 cm³/mol. The van der Waals surface area contributed by atoms with Crippen LogP contribution in [0.5, 0.6) is 11.5 Å². The maximum Gasteiger partial charge on any atom is 0.252 e. The first kappa shape index (κ1) is 12.0. The molecule has 92 valence electrons. The zero-order chi connectivity index (χ0) is 13.1. The summed E-state index contributed by atoms with van der Waals surface area (Å²) in [6.45, 7) is 0. The molecular formula is C14H13NO3. The van der Waals surface area contributed by atoms with E-state index in [-0.39, 0.29) is 11.3 Å². The molecule has 3 N–H and O–H groups in total. The second kappa shape index (κ2) is 4.79. The van der Waals surface area contributed by atoms with Gasteiger partial charge in [-0.3, -0.25) is 4.79 Å². The first-order valence-corrected chi connectivity index (χ1v) is 5.39. The number of methoxy groups -OCH3 is 1. The van der Waals surface area contributed by atoms with Gasteiger partial charge >= 0.3 is 0 Å². The van der Waals surface area contributed by atoms with Gasteiger partial charge in [0.05, 0.1) is 12.7 Å². The van der Waals surface area contributed by atoms with Crippen LogP contribution in [0.2, 0.25) is 0 Å². The zero-order valence-corrected chi connectivity index (χ0v) is 9.88. The average Bonchev–Trinajstić information content (AvgIpc) is 2.39. The van der Waals surface area contributed by atoms with Crippen LogP contribution in [0, 0.1) is 0 Å². The molecule has 0 aliphatic heterocycles. The van der Waals surface area contributed by atoms with Crippen LogP contribution in [0.4, 0.5) is 0 Å². The van der Waals surface area contributed by atoms with E-state index in [9.17, 15) is 9.90 Å². The number of hydrogen-bond acceptors (Lipinski definition) is 3. The van der Waals surface area contributed by atoms with Crippen LogP contribution in [0.25, 0.3) is 11.1 Å². The van der Waals surface area contributed by atoms with Gasteiger partial charge in [0.25, 0.3) is 5.91 Å². The molecule has 1 amide bonds. The van der Waals surface area contributed by atoms with Gasteiger partial charge in [0, 0.05) is 0 Å². The first-order chi connectivity index (χ1) is 8.61. The number of rotatable bonds is 3. The summed E-state index contributed by atoms with van der Waals surface area (Å²) in [5.74, 6) is -0.0485. The normalized spacial score (nSPS) is 10.1. The monoisotopic (exact) mass is 243 g/mol. The smallest absolute Gasteiger partial charge is 0.252 e. The summed E-state index contributed by atoms with van der Waals surface area (Å²) in [5, 5.41) is 9.53. The van der Waals surface area contributed by atoms with Crippen molar-refractivity contribution in [3.63, 3.8) is 0 Å². The third kappa shape index (κ3) is 2.27. The quantitative estimate of drug-likeness (QED) is 0.867. The summed E-state index contributed by atoms with van der Waals surface area (Å²) in [6.07, 6.45) is 0. The first-order valence-electron chi connectivity index (χ1n) is 5.39. The fourth-order valence-electron chi connectivity index (χ4n) is 1.72. The maximum atomic E-state index is 11.2. The molecule has 2 aromatic rings. The van der Waals surface area contributed by atoms with Gasteiger partial charge in [0.2, 0.25) is 0 Å². The largest absolute Gasteiger partial charge is 0.507 e. The van der Waals surface area contributed by atoms with E-state index in [1.165, 1.54) is 6.07 Å². The Morgan fingerprint density at radius 1 is 1.17 bits per heavy atom. The van der Waals surface area contributed by atoms with E-state index in [1.54, 1.807) is 19.2 Å². The van der Waals surface area contributed by atoms with Crippen molar-refractivity contribution in [3.8, 4) is 22.6 Å². The SMILES string of the molecule is COc1cccc(-c2ccc(O)c(C(N)=O)c2)c1. The summed E-state index contributed by atoms with van der Waals surface area (Å²) in [5.41, 5.74) is 6.98. The Hall–Kier alpha value is -2.49. The van der Waals surface area contributed by atoms with Crippen molar-refractivity contribution in [2.24, 2.45) is 5.73 Å². The summed E-state index contributed by atoms with van der Waals surface area (Å²) in [7, 11) is 1.59. The minimum Gasteiger partial charge on any atom is -0.507 e. The molecule has 0 bridgehead atoms. The van der Waals surface area contributed by atoms with Crippen LogP contribution in [0.1, 0.15) is 10.4 Å². The molecule has 2 aromatic carbocycles. The summed E-state index contributed by atoms with van der Waals surface area (Å²) < 4.78 is 5.14. The molecule has 0 aliphatic rings. The van der Waals surface area contributed by atoms with E-state index in [0.717, 1.165) is 16.9 Å². The van der Waals surface area contributed by atoms with Crippen LogP contribution in [0.15, 0.2) is 42.5 Å². The summed E-state index contributed by atoms with van der Waals surface area (Å²) in [6, 6.07) is 12.2. The highest BCUT2D eigenvalue weighted by atomic mass is 16.5. The molecule has 0 fully saturated rings. The van der Waals surface area contributed by atoms with Gasteiger partial charge in [-0.1, -0.05) is 18.2 Å². The number of amides is 1.